The zero-order valence-electron chi connectivity index (χ0n) is 18.5. The van der Waals surface area contributed by atoms with Gasteiger partial charge in [0.05, 0.1) is 25.9 Å². The number of nitrogens with one attached hydrogen (secondary N) is 1. The Morgan fingerprint density at radius 2 is 1.74 bits per heavy atom. The van der Waals surface area contributed by atoms with Crippen LogP contribution in [0.2, 0.25) is 0 Å². The molecule has 1 N–H and O–H groups in total. The number of esters is 1. The van der Waals surface area contributed by atoms with Gasteiger partial charge in [0.25, 0.3) is 0 Å². The van der Waals surface area contributed by atoms with E-state index >= 15 is 0 Å². The number of hydrogen-bond acceptors (Lipinski definition) is 5. The van der Waals surface area contributed by atoms with Crippen molar-refractivity contribution in [3.8, 4) is 11.5 Å². The fourth-order valence-corrected chi connectivity index (χ4v) is 2.89. The number of anilines is 1. The lowest BCUT2D eigenvalue weighted by Crippen LogP contribution is -2.09. The molecule has 0 aliphatic heterocycles. The predicted octanol–water partition coefficient (Wildman–Crippen LogP) is 5.48. The Kier molecular flexibility index (Phi) is 10.1. The maximum Gasteiger partial charge on any atom is 0.338 e. The fourth-order valence-electron chi connectivity index (χ4n) is 2.89. The Morgan fingerprint density at radius 1 is 0.968 bits per heavy atom. The van der Waals surface area contributed by atoms with E-state index in [1.807, 2.05) is 19.1 Å². The minimum Gasteiger partial charge on any atom is -0.493 e. The monoisotopic (exact) mass is 425 g/mol. The molecule has 166 valence electrons. The Hall–Kier alpha value is -3.28. The van der Waals surface area contributed by atoms with E-state index in [4.69, 9.17) is 14.2 Å². The first kappa shape index (κ1) is 24.0. The summed E-state index contributed by atoms with van der Waals surface area (Å²) in [5.41, 5.74) is 1.87. The van der Waals surface area contributed by atoms with E-state index in [-0.39, 0.29) is 11.9 Å². The molecule has 0 radical (unpaired) electrons. The molecule has 6 heteroatoms. The normalized spacial score (nSPS) is 10.7. The maximum absolute atomic E-state index is 12.2. The van der Waals surface area contributed by atoms with Gasteiger partial charge in [-0.15, -0.1) is 0 Å². The van der Waals surface area contributed by atoms with Crippen LogP contribution in [0.1, 0.15) is 55.5 Å². The van der Waals surface area contributed by atoms with Gasteiger partial charge in [-0.3, -0.25) is 4.79 Å². The van der Waals surface area contributed by atoms with Gasteiger partial charge in [0.2, 0.25) is 5.91 Å². The molecule has 31 heavy (non-hydrogen) atoms. The highest BCUT2D eigenvalue weighted by atomic mass is 16.5. The van der Waals surface area contributed by atoms with E-state index in [9.17, 15) is 9.59 Å². The molecule has 6 nitrogen and oxygen atoms in total. The highest BCUT2D eigenvalue weighted by Gasteiger charge is 2.08. The molecule has 2 rings (SSSR count). The van der Waals surface area contributed by atoms with Crippen LogP contribution in [0.3, 0.4) is 0 Å². The van der Waals surface area contributed by atoms with E-state index in [1.54, 1.807) is 43.5 Å². The van der Waals surface area contributed by atoms with Crippen LogP contribution in [0.4, 0.5) is 5.69 Å². The van der Waals surface area contributed by atoms with Gasteiger partial charge in [-0.05, 0) is 61.4 Å². The molecule has 0 unspecified atom stereocenters. The van der Waals surface area contributed by atoms with E-state index in [0.717, 1.165) is 31.2 Å². The molecule has 2 aromatic carbocycles. The number of hydrogen-bond donors (Lipinski definition) is 1. The van der Waals surface area contributed by atoms with Gasteiger partial charge < -0.3 is 19.5 Å². The molecule has 2 aromatic rings. The first-order chi connectivity index (χ1) is 15.1. The third-order valence-electron chi connectivity index (χ3n) is 4.53. The Bertz CT molecular complexity index is 874. The van der Waals surface area contributed by atoms with Gasteiger partial charge in [0, 0.05) is 11.8 Å². The second-order valence-corrected chi connectivity index (χ2v) is 6.94. The lowest BCUT2D eigenvalue weighted by Gasteiger charge is -2.09. The summed E-state index contributed by atoms with van der Waals surface area (Å²) in [6, 6.07) is 12.1. The standard InChI is InChI=1S/C25H31NO5/c1-4-6-7-8-17-31-25(28)20-11-13-21(14-12-20)26-24(27)16-10-19-9-15-22(30-5-2)23(18-19)29-3/h9-16,18H,4-8,17H2,1-3H3,(H,26,27)/b16-10+. The lowest BCUT2D eigenvalue weighted by molar-refractivity contribution is -0.111. The molecule has 0 saturated heterocycles. The van der Waals surface area contributed by atoms with Crippen LogP contribution >= 0.6 is 0 Å². The van der Waals surface area contributed by atoms with Gasteiger partial charge in [0.1, 0.15) is 0 Å². The van der Waals surface area contributed by atoms with Crippen LogP contribution < -0.4 is 14.8 Å². The number of benzene rings is 2. The third-order valence-corrected chi connectivity index (χ3v) is 4.53. The molecule has 0 heterocycles. The predicted molar refractivity (Wildman–Crippen MR) is 123 cm³/mol. The molecule has 0 aliphatic carbocycles. The molecule has 0 atom stereocenters. The van der Waals surface area contributed by atoms with Crippen LogP contribution in [-0.2, 0) is 9.53 Å². The largest absolute Gasteiger partial charge is 0.493 e. The summed E-state index contributed by atoms with van der Waals surface area (Å²) in [6.07, 6.45) is 7.36. The smallest absolute Gasteiger partial charge is 0.338 e. The number of carbonyl (C=O) groups excluding carboxylic acids is 2. The fraction of sp³-hybridized carbons (Fsp3) is 0.360. The Morgan fingerprint density at radius 3 is 2.42 bits per heavy atom. The van der Waals surface area contributed by atoms with Crippen molar-refractivity contribution < 1.29 is 23.8 Å². The molecule has 0 aliphatic rings. The number of unbranched alkanes of at least 4 members (excludes halogenated alkanes) is 3. The zero-order valence-corrected chi connectivity index (χ0v) is 18.5. The first-order valence-corrected chi connectivity index (χ1v) is 10.6. The van der Waals surface area contributed by atoms with Crippen molar-refractivity contribution in [3.63, 3.8) is 0 Å². The summed E-state index contributed by atoms with van der Waals surface area (Å²) in [4.78, 5) is 24.3. The lowest BCUT2D eigenvalue weighted by atomic mass is 10.2. The van der Waals surface area contributed by atoms with E-state index < -0.39 is 0 Å². The average molecular weight is 426 g/mol. The summed E-state index contributed by atoms with van der Waals surface area (Å²) in [7, 11) is 1.57. The van der Waals surface area contributed by atoms with Crippen LogP contribution in [0, 0.1) is 0 Å². The summed E-state index contributed by atoms with van der Waals surface area (Å²) < 4.78 is 16.1. The van der Waals surface area contributed by atoms with Crippen molar-refractivity contribution in [3.05, 3.63) is 59.7 Å². The number of ether oxygens (including phenoxy) is 3. The Labute approximate surface area is 184 Å². The molecule has 0 saturated carbocycles. The zero-order chi connectivity index (χ0) is 22.5. The third kappa shape index (κ3) is 8.16. The summed E-state index contributed by atoms with van der Waals surface area (Å²) in [5, 5.41) is 2.77. The SMILES string of the molecule is CCCCCCOC(=O)c1ccc(NC(=O)/C=C/c2ccc(OCC)c(OC)c2)cc1. The first-order valence-electron chi connectivity index (χ1n) is 10.6. The molecule has 0 spiro atoms. The van der Waals surface area contributed by atoms with Crippen LogP contribution in [-0.4, -0.2) is 32.2 Å². The van der Waals surface area contributed by atoms with Crippen LogP contribution in [0.25, 0.3) is 6.08 Å². The molecule has 0 aromatic heterocycles. The van der Waals surface area contributed by atoms with E-state index in [0.29, 0.717) is 36.0 Å². The van der Waals surface area contributed by atoms with E-state index in [2.05, 4.69) is 12.2 Å². The van der Waals surface area contributed by atoms with Gasteiger partial charge in [-0.1, -0.05) is 32.3 Å². The molecule has 0 bridgehead atoms. The number of methoxy groups -OCH3 is 1. The minimum atomic E-state index is -0.348. The summed E-state index contributed by atoms with van der Waals surface area (Å²) in [5.74, 6) is 0.640. The highest BCUT2D eigenvalue weighted by molar-refractivity contribution is 6.02. The van der Waals surface area contributed by atoms with Gasteiger partial charge >= 0.3 is 5.97 Å². The van der Waals surface area contributed by atoms with Crippen molar-refractivity contribution >= 4 is 23.6 Å². The molecular weight excluding hydrogens is 394 g/mol. The molecule has 0 fully saturated rings. The topological polar surface area (TPSA) is 73.9 Å². The molecule has 1 amide bonds. The van der Waals surface area contributed by atoms with E-state index in [1.165, 1.54) is 6.08 Å². The molecular formula is C25H31NO5. The van der Waals surface area contributed by atoms with Crippen LogP contribution in [0.15, 0.2) is 48.5 Å². The second-order valence-electron chi connectivity index (χ2n) is 6.94. The van der Waals surface area contributed by atoms with Crippen molar-refractivity contribution in [1.29, 1.82) is 0 Å². The van der Waals surface area contributed by atoms with Crippen LogP contribution in [0.5, 0.6) is 11.5 Å². The second kappa shape index (κ2) is 13.1. The number of amides is 1. The number of carbonyl (C=O) groups is 2. The van der Waals surface area contributed by atoms with Gasteiger partial charge in [0.15, 0.2) is 11.5 Å². The maximum atomic E-state index is 12.2. The van der Waals surface area contributed by atoms with Gasteiger partial charge in [-0.2, -0.15) is 0 Å². The Balaban J connectivity index is 1.87. The quantitative estimate of drug-likeness (QED) is 0.277. The average Bonchev–Trinajstić information content (AvgIpc) is 2.78. The van der Waals surface area contributed by atoms with Crippen molar-refractivity contribution in [2.24, 2.45) is 0 Å². The van der Waals surface area contributed by atoms with Crippen molar-refractivity contribution in [2.45, 2.75) is 39.5 Å². The summed E-state index contributed by atoms with van der Waals surface area (Å²) >= 11 is 0. The summed E-state index contributed by atoms with van der Waals surface area (Å²) in [6.45, 7) is 5.02. The van der Waals surface area contributed by atoms with Crippen molar-refractivity contribution in [2.75, 3.05) is 25.6 Å². The van der Waals surface area contributed by atoms with Crippen molar-refractivity contribution in [1.82, 2.24) is 0 Å². The highest BCUT2D eigenvalue weighted by Crippen LogP contribution is 2.28. The number of rotatable bonds is 12. The minimum absolute atomic E-state index is 0.279. The van der Waals surface area contributed by atoms with Gasteiger partial charge in [-0.25, -0.2) is 4.79 Å².